The Morgan fingerprint density at radius 3 is 2.48 bits per heavy atom. The van der Waals surface area contributed by atoms with Gasteiger partial charge in [0.05, 0.1) is 12.6 Å². The number of para-hydroxylation sites is 1. The van der Waals surface area contributed by atoms with Crippen LogP contribution in [-0.2, 0) is 0 Å². The van der Waals surface area contributed by atoms with E-state index in [1.807, 2.05) is 38.1 Å². The molecule has 2 aromatic carbocycles. The van der Waals surface area contributed by atoms with Gasteiger partial charge in [0.2, 0.25) is 0 Å². The number of benzene rings is 2. The third kappa shape index (κ3) is 3.58. The smallest absolute Gasteiger partial charge is 0.159 e. The maximum absolute atomic E-state index is 13.5. The topological polar surface area (TPSA) is 21.3 Å². The van der Waals surface area contributed by atoms with Gasteiger partial charge in [0.15, 0.2) is 11.6 Å². The first-order chi connectivity index (χ1) is 10.2. The normalized spacial score (nSPS) is 12.2. The van der Waals surface area contributed by atoms with Gasteiger partial charge in [0.1, 0.15) is 5.75 Å². The van der Waals surface area contributed by atoms with Gasteiger partial charge in [-0.25, -0.2) is 8.78 Å². The van der Waals surface area contributed by atoms with Crippen LogP contribution >= 0.6 is 0 Å². The Morgan fingerprint density at radius 2 is 1.81 bits per heavy atom. The predicted octanol–water partition coefficient (Wildman–Crippen LogP) is 4.06. The number of ether oxygens (including phenoxy) is 1. The third-order valence-electron chi connectivity index (χ3n) is 3.22. The molecule has 0 aliphatic heterocycles. The third-order valence-corrected chi connectivity index (χ3v) is 3.22. The van der Waals surface area contributed by atoms with Gasteiger partial charge < -0.3 is 10.1 Å². The van der Waals surface area contributed by atoms with Crippen LogP contribution in [0.4, 0.5) is 8.78 Å². The van der Waals surface area contributed by atoms with Crippen molar-refractivity contribution in [3.8, 4) is 5.75 Å². The summed E-state index contributed by atoms with van der Waals surface area (Å²) in [6.07, 6.45) is 0. The summed E-state index contributed by atoms with van der Waals surface area (Å²) < 4.78 is 32.3. The lowest BCUT2D eigenvalue weighted by Crippen LogP contribution is -2.23. The molecule has 0 aromatic heterocycles. The van der Waals surface area contributed by atoms with Crippen molar-refractivity contribution in [3.05, 3.63) is 65.2 Å². The molecule has 21 heavy (non-hydrogen) atoms. The Balaban J connectivity index is 2.45. The molecule has 1 unspecified atom stereocenters. The van der Waals surface area contributed by atoms with Crippen LogP contribution in [0.5, 0.6) is 5.75 Å². The standard InChI is InChI=1S/C17H19F2NO/c1-3-20-17(12-9-10-14(18)15(19)11-12)13-7-5-6-8-16(13)21-4-2/h5-11,17,20H,3-4H2,1-2H3. The minimum atomic E-state index is -0.843. The van der Waals surface area contributed by atoms with Gasteiger partial charge in [0.25, 0.3) is 0 Å². The Labute approximate surface area is 123 Å². The molecule has 2 aromatic rings. The van der Waals surface area contributed by atoms with Gasteiger partial charge in [-0.1, -0.05) is 31.2 Å². The lowest BCUT2D eigenvalue weighted by Gasteiger charge is -2.22. The molecular formula is C17H19F2NO. The van der Waals surface area contributed by atoms with E-state index < -0.39 is 11.6 Å². The number of hydrogen-bond acceptors (Lipinski definition) is 2. The van der Waals surface area contributed by atoms with E-state index in [1.54, 1.807) is 6.07 Å². The minimum absolute atomic E-state index is 0.243. The Bertz CT molecular complexity index is 601. The van der Waals surface area contributed by atoms with Crippen LogP contribution in [0, 0.1) is 11.6 Å². The summed E-state index contributed by atoms with van der Waals surface area (Å²) in [5.41, 5.74) is 1.58. The highest BCUT2D eigenvalue weighted by molar-refractivity contribution is 5.41. The summed E-state index contributed by atoms with van der Waals surface area (Å²) >= 11 is 0. The zero-order valence-corrected chi connectivity index (χ0v) is 12.2. The van der Waals surface area contributed by atoms with E-state index in [2.05, 4.69) is 5.32 Å². The van der Waals surface area contributed by atoms with E-state index in [4.69, 9.17) is 4.74 Å². The first-order valence-electron chi connectivity index (χ1n) is 7.07. The van der Waals surface area contributed by atoms with Crippen molar-refractivity contribution >= 4 is 0 Å². The molecule has 0 spiro atoms. The molecule has 0 fully saturated rings. The van der Waals surface area contributed by atoms with Crippen LogP contribution in [0.15, 0.2) is 42.5 Å². The monoisotopic (exact) mass is 291 g/mol. The number of rotatable bonds is 6. The molecule has 1 N–H and O–H groups in total. The fourth-order valence-corrected chi connectivity index (χ4v) is 2.31. The average Bonchev–Trinajstić information content (AvgIpc) is 2.49. The van der Waals surface area contributed by atoms with Gasteiger partial charge in [-0.05, 0) is 37.2 Å². The van der Waals surface area contributed by atoms with E-state index in [0.29, 0.717) is 18.7 Å². The van der Waals surface area contributed by atoms with Crippen molar-refractivity contribution in [1.82, 2.24) is 5.32 Å². The summed E-state index contributed by atoms with van der Waals surface area (Å²) in [5.74, 6) is -0.938. The molecule has 0 heterocycles. The van der Waals surface area contributed by atoms with Gasteiger partial charge >= 0.3 is 0 Å². The molecule has 1 atom stereocenters. The Hall–Kier alpha value is -1.94. The largest absolute Gasteiger partial charge is 0.494 e. The molecule has 0 amide bonds. The van der Waals surface area contributed by atoms with Crippen LogP contribution in [0.2, 0.25) is 0 Å². The van der Waals surface area contributed by atoms with E-state index in [0.717, 1.165) is 17.4 Å². The quantitative estimate of drug-likeness (QED) is 0.866. The van der Waals surface area contributed by atoms with Crippen LogP contribution in [-0.4, -0.2) is 13.2 Å². The van der Waals surface area contributed by atoms with Crippen molar-refractivity contribution in [2.45, 2.75) is 19.9 Å². The zero-order chi connectivity index (χ0) is 15.2. The van der Waals surface area contributed by atoms with Gasteiger partial charge in [-0.2, -0.15) is 0 Å². The fraction of sp³-hybridized carbons (Fsp3) is 0.294. The predicted molar refractivity (Wildman–Crippen MR) is 79.5 cm³/mol. The summed E-state index contributed by atoms with van der Waals surface area (Å²) in [5, 5.41) is 3.29. The lowest BCUT2D eigenvalue weighted by molar-refractivity contribution is 0.333. The number of hydrogen-bond donors (Lipinski definition) is 1. The second-order valence-corrected chi connectivity index (χ2v) is 4.64. The summed E-state index contributed by atoms with van der Waals surface area (Å²) in [6.45, 7) is 5.13. The number of nitrogens with one attached hydrogen (secondary N) is 1. The molecule has 0 aliphatic carbocycles. The van der Waals surface area contributed by atoms with E-state index in [1.165, 1.54) is 6.07 Å². The highest BCUT2D eigenvalue weighted by Gasteiger charge is 2.18. The zero-order valence-electron chi connectivity index (χ0n) is 12.2. The summed E-state index contributed by atoms with van der Waals surface area (Å²) in [6, 6.07) is 11.3. The second-order valence-electron chi connectivity index (χ2n) is 4.64. The highest BCUT2D eigenvalue weighted by Crippen LogP contribution is 2.30. The molecule has 0 bridgehead atoms. The fourth-order valence-electron chi connectivity index (χ4n) is 2.31. The molecule has 0 radical (unpaired) electrons. The van der Waals surface area contributed by atoms with Crippen LogP contribution in [0.3, 0.4) is 0 Å². The maximum Gasteiger partial charge on any atom is 0.159 e. The highest BCUT2D eigenvalue weighted by atomic mass is 19.2. The minimum Gasteiger partial charge on any atom is -0.494 e. The van der Waals surface area contributed by atoms with E-state index in [-0.39, 0.29) is 6.04 Å². The Kier molecular flexibility index (Phi) is 5.28. The van der Waals surface area contributed by atoms with Crippen molar-refractivity contribution in [2.75, 3.05) is 13.2 Å². The summed E-state index contributed by atoms with van der Waals surface area (Å²) in [7, 11) is 0. The Morgan fingerprint density at radius 1 is 1.05 bits per heavy atom. The first-order valence-corrected chi connectivity index (χ1v) is 7.07. The molecule has 2 rings (SSSR count). The van der Waals surface area contributed by atoms with Crippen molar-refractivity contribution in [2.24, 2.45) is 0 Å². The number of halogens is 2. The van der Waals surface area contributed by atoms with Gasteiger partial charge in [-0.15, -0.1) is 0 Å². The second kappa shape index (κ2) is 7.18. The first kappa shape index (κ1) is 15.4. The van der Waals surface area contributed by atoms with Crippen LogP contribution in [0.1, 0.15) is 31.0 Å². The molecule has 2 nitrogen and oxygen atoms in total. The summed E-state index contributed by atoms with van der Waals surface area (Å²) in [4.78, 5) is 0. The molecule has 0 aliphatic rings. The van der Waals surface area contributed by atoms with Crippen molar-refractivity contribution in [1.29, 1.82) is 0 Å². The van der Waals surface area contributed by atoms with E-state index in [9.17, 15) is 8.78 Å². The van der Waals surface area contributed by atoms with E-state index >= 15 is 0 Å². The van der Waals surface area contributed by atoms with Crippen molar-refractivity contribution < 1.29 is 13.5 Å². The maximum atomic E-state index is 13.5. The SMILES string of the molecule is CCNC(c1ccc(F)c(F)c1)c1ccccc1OCC. The van der Waals surface area contributed by atoms with Gasteiger partial charge in [-0.3, -0.25) is 0 Å². The van der Waals surface area contributed by atoms with Crippen LogP contribution < -0.4 is 10.1 Å². The van der Waals surface area contributed by atoms with Crippen LogP contribution in [0.25, 0.3) is 0 Å². The lowest BCUT2D eigenvalue weighted by atomic mass is 9.97. The molecule has 0 saturated heterocycles. The molecule has 112 valence electrons. The average molecular weight is 291 g/mol. The van der Waals surface area contributed by atoms with Gasteiger partial charge in [0, 0.05) is 5.56 Å². The van der Waals surface area contributed by atoms with Crippen molar-refractivity contribution in [3.63, 3.8) is 0 Å². The molecule has 0 saturated carbocycles. The molecular weight excluding hydrogens is 272 g/mol. The molecule has 4 heteroatoms.